The molecule has 1 aliphatic carbocycles. The first-order valence-electron chi connectivity index (χ1n) is 8.66. The van der Waals surface area contributed by atoms with Crippen LogP contribution in [0.2, 0.25) is 0 Å². The first-order chi connectivity index (χ1) is 11.7. The Balaban J connectivity index is 1.77. The summed E-state index contributed by atoms with van der Waals surface area (Å²) in [5.41, 5.74) is 2.44. The second-order valence-electron chi connectivity index (χ2n) is 7.90. The van der Waals surface area contributed by atoms with Gasteiger partial charge in [0.1, 0.15) is 11.4 Å². The van der Waals surface area contributed by atoms with Gasteiger partial charge in [-0.25, -0.2) is 4.98 Å². The fourth-order valence-corrected chi connectivity index (χ4v) is 3.15. The first kappa shape index (κ1) is 17.4. The van der Waals surface area contributed by atoms with E-state index in [1.54, 1.807) is 6.92 Å². The average Bonchev–Trinajstić information content (AvgIpc) is 3.24. The van der Waals surface area contributed by atoms with Crippen LogP contribution in [0.1, 0.15) is 66.1 Å². The fraction of sp³-hybridized carbons (Fsp3) is 0.450. The van der Waals surface area contributed by atoms with Gasteiger partial charge in [0, 0.05) is 17.4 Å². The summed E-state index contributed by atoms with van der Waals surface area (Å²) >= 11 is 0. The summed E-state index contributed by atoms with van der Waals surface area (Å²) in [7, 11) is 0. The van der Waals surface area contributed by atoms with Crippen LogP contribution in [0.3, 0.4) is 0 Å². The molecule has 1 saturated carbocycles. The number of nitrogens with zero attached hydrogens (tertiary/aromatic N) is 1. The minimum absolute atomic E-state index is 0.0784. The van der Waals surface area contributed by atoms with Crippen LogP contribution in [0.15, 0.2) is 29.1 Å². The van der Waals surface area contributed by atoms with Crippen LogP contribution >= 0.6 is 0 Å². The van der Waals surface area contributed by atoms with Crippen LogP contribution in [0.5, 0.6) is 0 Å². The lowest BCUT2D eigenvalue weighted by Crippen LogP contribution is -2.35. The van der Waals surface area contributed by atoms with Gasteiger partial charge in [-0.05, 0) is 31.4 Å². The zero-order valence-electron chi connectivity index (χ0n) is 15.4. The molecule has 5 nitrogen and oxygen atoms in total. The normalized spacial score (nSPS) is 19.6. The summed E-state index contributed by atoms with van der Waals surface area (Å²) in [6.45, 7) is 9.71. The topological polar surface area (TPSA) is 74.8 Å². The second kappa shape index (κ2) is 6.14. The predicted octanol–water partition coefficient (Wildman–Crippen LogP) is 2.97. The minimum Gasteiger partial charge on any atom is -0.348 e. The lowest BCUT2D eigenvalue weighted by atomic mass is 9.95. The monoisotopic (exact) mass is 339 g/mol. The molecule has 3 rings (SSSR count). The number of hydrogen-bond donors (Lipinski definition) is 2. The number of aryl methyl sites for hydroxylation is 2. The number of aromatic nitrogens is 2. The van der Waals surface area contributed by atoms with E-state index in [9.17, 15) is 9.59 Å². The molecule has 2 aromatic rings. The van der Waals surface area contributed by atoms with Gasteiger partial charge in [0.25, 0.3) is 11.5 Å². The molecule has 1 fully saturated rings. The molecule has 1 aliphatic rings. The maximum Gasteiger partial charge on any atom is 0.264 e. The van der Waals surface area contributed by atoms with Gasteiger partial charge in [0.05, 0.1) is 5.69 Å². The van der Waals surface area contributed by atoms with Gasteiger partial charge in [-0.3, -0.25) is 9.59 Å². The van der Waals surface area contributed by atoms with Crippen molar-refractivity contribution < 1.29 is 4.79 Å². The Morgan fingerprint density at radius 3 is 2.52 bits per heavy atom. The van der Waals surface area contributed by atoms with Crippen molar-refractivity contribution in [2.45, 2.75) is 58.4 Å². The molecule has 1 aromatic heterocycles. The van der Waals surface area contributed by atoms with Gasteiger partial charge in [-0.1, -0.05) is 45.0 Å². The highest BCUT2D eigenvalue weighted by Gasteiger charge is 2.40. The van der Waals surface area contributed by atoms with E-state index in [4.69, 9.17) is 0 Å². The summed E-state index contributed by atoms with van der Waals surface area (Å²) in [5.74, 6) is 0.579. The Bertz CT molecular complexity index is 877. The van der Waals surface area contributed by atoms with E-state index in [-0.39, 0.29) is 28.5 Å². The molecule has 0 spiro atoms. The molecule has 2 atom stereocenters. The van der Waals surface area contributed by atoms with Crippen LogP contribution in [-0.2, 0) is 5.41 Å². The molecule has 0 saturated heterocycles. The fourth-order valence-electron chi connectivity index (χ4n) is 3.15. The number of carbonyl (C=O) groups excluding carboxylic acids is 1. The van der Waals surface area contributed by atoms with E-state index in [1.165, 1.54) is 11.1 Å². The van der Waals surface area contributed by atoms with E-state index in [0.29, 0.717) is 17.4 Å². The maximum atomic E-state index is 12.6. The Morgan fingerprint density at radius 1 is 1.24 bits per heavy atom. The largest absolute Gasteiger partial charge is 0.348 e. The molecule has 0 radical (unpaired) electrons. The summed E-state index contributed by atoms with van der Waals surface area (Å²) in [5, 5.41) is 2.99. The molecular weight excluding hydrogens is 314 g/mol. The molecule has 2 N–H and O–H groups in total. The molecule has 1 amide bonds. The number of hydrogen-bond acceptors (Lipinski definition) is 3. The maximum absolute atomic E-state index is 12.6. The molecule has 132 valence electrons. The molecule has 0 unspecified atom stereocenters. The molecule has 1 aromatic carbocycles. The molecule has 0 bridgehead atoms. The van der Waals surface area contributed by atoms with Crippen molar-refractivity contribution in [2.75, 3.05) is 0 Å². The van der Waals surface area contributed by atoms with Gasteiger partial charge >= 0.3 is 0 Å². The van der Waals surface area contributed by atoms with Crippen LogP contribution in [0.4, 0.5) is 0 Å². The number of rotatable bonds is 3. The van der Waals surface area contributed by atoms with Crippen LogP contribution in [0.25, 0.3) is 0 Å². The first-order valence-corrected chi connectivity index (χ1v) is 8.66. The number of amides is 1. The highest BCUT2D eigenvalue weighted by molar-refractivity contribution is 5.95. The summed E-state index contributed by atoms with van der Waals surface area (Å²) in [6.07, 6.45) is 0.904. The lowest BCUT2D eigenvalue weighted by molar-refractivity contribution is 0.0947. The van der Waals surface area contributed by atoms with E-state index in [1.807, 2.05) is 32.9 Å². The summed E-state index contributed by atoms with van der Waals surface area (Å²) < 4.78 is 0. The van der Waals surface area contributed by atoms with Crippen LogP contribution < -0.4 is 10.9 Å². The number of aromatic amines is 1. The highest BCUT2D eigenvalue weighted by atomic mass is 16.2. The van der Waals surface area contributed by atoms with Crippen molar-refractivity contribution in [2.24, 2.45) is 0 Å². The minimum atomic E-state index is -0.372. The zero-order valence-corrected chi connectivity index (χ0v) is 15.4. The number of H-pyrrole nitrogens is 1. The molecule has 0 aliphatic heterocycles. The predicted molar refractivity (Wildman–Crippen MR) is 98.1 cm³/mol. The smallest absolute Gasteiger partial charge is 0.264 e. The van der Waals surface area contributed by atoms with Gasteiger partial charge in [0.15, 0.2) is 0 Å². The van der Waals surface area contributed by atoms with Gasteiger partial charge in [-0.2, -0.15) is 0 Å². The molecular formula is C20H25N3O2. The van der Waals surface area contributed by atoms with E-state index >= 15 is 0 Å². The number of carbonyl (C=O) groups is 1. The molecule has 5 heteroatoms. The van der Waals surface area contributed by atoms with Gasteiger partial charge in [0.2, 0.25) is 0 Å². The average molecular weight is 339 g/mol. The second-order valence-corrected chi connectivity index (χ2v) is 7.90. The van der Waals surface area contributed by atoms with Crippen molar-refractivity contribution in [3.05, 3.63) is 62.8 Å². The van der Waals surface area contributed by atoms with Crippen molar-refractivity contribution in [1.82, 2.24) is 15.3 Å². The number of nitrogens with one attached hydrogen (secondary N) is 2. The van der Waals surface area contributed by atoms with E-state index < -0.39 is 0 Å². The Kier molecular flexibility index (Phi) is 4.27. The number of benzene rings is 1. The zero-order chi connectivity index (χ0) is 18.4. The lowest BCUT2D eigenvalue weighted by Gasteiger charge is -2.18. The SMILES string of the molecule is Cc1ccccc1[C@@H]1C[C@@H]1NC(=O)c1c(C)nc(C(C)(C)C)[nH]c1=O. The van der Waals surface area contributed by atoms with E-state index in [0.717, 1.165) is 6.42 Å². The Morgan fingerprint density at radius 2 is 1.92 bits per heavy atom. The van der Waals surface area contributed by atoms with Crippen molar-refractivity contribution >= 4 is 5.91 Å². The quantitative estimate of drug-likeness (QED) is 0.903. The standard InChI is InChI=1S/C20H25N3O2/c1-11-8-6-7-9-13(11)14-10-15(14)22-17(24)16-12(2)21-19(20(3,4)5)23-18(16)25/h6-9,14-15H,10H2,1-5H3,(H,22,24)(H,21,23,25)/t14-,15-/m0/s1. The van der Waals surface area contributed by atoms with Crippen LogP contribution in [0, 0.1) is 13.8 Å². The summed E-state index contributed by atoms with van der Waals surface area (Å²) in [4.78, 5) is 32.2. The van der Waals surface area contributed by atoms with Crippen molar-refractivity contribution in [1.29, 1.82) is 0 Å². The Hall–Kier alpha value is -2.43. The van der Waals surface area contributed by atoms with Gasteiger partial charge < -0.3 is 10.3 Å². The third-order valence-corrected chi connectivity index (χ3v) is 4.73. The third-order valence-electron chi connectivity index (χ3n) is 4.73. The van der Waals surface area contributed by atoms with Gasteiger partial charge in [-0.15, -0.1) is 0 Å². The van der Waals surface area contributed by atoms with Crippen LogP contribution in [-0.4, -0.2) is 21.9 Å². The van der Waals surface area contributed by atoms with Crippen molar-refractivity contribution in [3.8, 4) is 0 Å². The molecule has 25 heavy (non-hydrogen) atoms. The van der Waals surface area contributed by atoms with E-state index in [2.05, 4.69) is 34.3 Å². The highest BCUT2D eigenvalue weighted by Crippen LogP contribution is 2.42. The van der Waals surface area contributed by atoms with Crippen molar-refractivity contribution in [3.63, 3.8) is 0 Å². The third kappa shape index (κ3) is 3.50. The Labute approximate surface area is 147 Å². The summed E-state index contributed by atoms with van der Waals surface area (Å²) in [6, 6.07) is 8.29. The molecule has 1 heterocycles.